The monoisotopic (exact) mass is 294 g/mol. The van der Waals surface area contributed by atoms with E-state index in [2.05, 4.69) is 5.32 Å². The number of nitrogens with one attached hydrogen (secondary N) is 2. The van der Waals surface area contributed by atoms with Gasteiger partial charge in [-0.15, -0.1) is 0 Å². The van der Waals surface area contributed by atoms with E-state index < -0.39 is 5.54 Å². The predicted molar refractivity (Wildman–Crippen MR) is 79.8 cm³/mol. The standard InChI is InChI=1S/C16H27N3O2/c20-14-16(9-5-4-6-10-16)17-15(21)19(14)13-18-11-7-2-1-3-8-12-18/h1-13H2,(H,17,21)/p+1. The van der Waals surface area contributed by atoms with Crippen molar-refractivity contribution in [3.05, 3.63) is 0 Å². The van der Waals surface area contributed by atoms with Crippen LogP contribution in [0.4, 0.5) is 4.79 Å². The SMILES string of the molecule is O=C1NC2(CCCCC2)C(=O)N1C[NH+]1CCCCCCC1. The summed E-state index contributed by atoms with van der Waals surface area (Å²) in [6.07, 6.45) is 11.3. The summed E-state index contributed by atoms with van der Waals surface area (Å²) in [6, 6.07) is -0.156. The van der Waals surface area contributed by atoms with Crippen LogP contribution >= 0.6 is 0 Å². The maximum absolute atomic E-state index is 12.7. The molecular weight excluding hydrogens is 266 g/mol. The van der Waals surface area contributed by atoms with E-state index in [1.807, 2.05) is 0 Å². The number of hydrogen-bond acceptors (Lipinski definition) is 2. The quantitative estimate of drug-likeness (QED) is 0.748. The van der Waals surface area contributed by atoms with Gasteiger partial charge in [0.15, 0.2) is 6.67 Å². The molecule has 0 aromatic carbocycles. The van der Waals surface area contributed by atoms with Crippen LogP contribution in [0.5, 0.6) is 0 Å². The van der Waals surface area contributed by atoms with Crippen LogP contribution in [0.1, 0.15) is 64.2 Å². The lowest BCUT2D eigenvalue weighted by Gasteiger charge is -2.31. The van der Waals surface area contributed by atoms with Crippen LogP contribution in [0.3, 0.4) is 0 Å². The topological polar surface area (TPSA) is 53.9 Å². The Morgan fingerprint density at radius 3 is 2.14 bits per heavy atom. The summed E-state index contributed by atoms with van der Waals surface area (Å²) in [6.45, 7) is 2.74. The van der Waals surface area contributed by atoms with Crippen molar-refractivity contribution in [3.63, 3.8) is 0 Å². The molecule has 0 radical (unpaired) electrons. The Bertz CT molecular complexity index is 396. The van der Waals surface area contributed by atoms with Gasteiger partial charge in [0.1, 0.15) is 5.54 Å². The zero-order valence-electron chi connectivity index (χ0n) is 13.0. The van der Waals surface area contributed by atoms with E-state index in [4.69, 9.17) is 0 Å². The van der Waals surface area contributed by atoms with E-state index in [1.54, 1.807) is 0 Å². The lowest BCUT2D eigenvalue weighted by molar-refractivity contribution is -0.908. The molecule has 3 fully saturated rings. The number of amides is 3. The number of likely N-dealkylation sites (tertiary alicyclic amines) is 1. The Hall–Kier alpha value is -1.10. The maximum atomic E-state index is 12.7. The molecule has 0 bridgehead atoms. The van der Waals surface area contributed by atoms with Gasteiger partial charge < -0.3 is 10.2 Å². The number of imide groups is 1. The molecule has 1 aliphatic carbocycles. The van der Waals surface area contributed by atoms with Crippen molar-refractivity contribution in [2.75, 3.05) is 19.8 Å². The number of hydrogen-bond donors (Lipinski definition) is 2. The van der Waals surface area contributed by atoms with Crippen molar-refractivity contribution in [2.45, 2.75) is 69.7 Å². The van der Waals surface area contributed by atoms with Crippen LogP contribution in [-0.4, -0.2) is 42.1 Å². The number of rotatable bonds is 2. The molecule has 0 unspecified atom stereocenters. The molecular formula is C16H28N3O2+. The molecule has 5 nitrogen and oxygen atoms in total. The number of urea groups is 1. The molecule has 2 saturated heterocycles. The first-order valence-electron chi connectivity index (χ1n) is 8.69. The molecule has 5 heteroatoms. The Balaban J connectivity index is 1.64. The molecule has 2 heterocycles. The first-order valence-corrected chi connectivity index (χ1v) is 8.69. The Labute approximate surface area is 127 Å². The lowest BCUT2D eigenvalue weighted by Crippen LogP contribution is -3.13. The molecule has 3 amide bonds. The average molecular weight is 294 g/mol. The molecule has 0 aromatic rings. The minimum atomic E-state index is -0.558. The summed E-state index contributed by atoms with van der Waals surface area (Å²) in [5.74, 6) is 0.0433. The highest BCUT2D eigenvalue weighted by Crippen LogP contribution is 2.33. The van der Waals surface area contributed by atoms with Crippen molar-refractivity contribution in [1.29, 1.82) is 0 Å². The fraction of sp³-hybridized carbons (Fsp3) is 0.875. The number of carbonyl (C=O) groups excluding carboxylic acids is 2. The Morgan fingerprint density at radius 2 is 1.48 bits per heavy atom. The fourth-order valence-corrected chi connectivity index (χ4v) is 4.10. The highest BCUT2D eigenvalue weighted by atomic mass is 16.2. The lowest BCUT2D eigenvalue weighted by atomic mass is 9.82. The zero-order valence-corrected chi connectivity index (χ0v) is 13.0. The summed E-state index contributed by atoms with van der Waals surface area (Å²) in [5, 5.41) is 3.01. The van der Waals surface area contributed by atoms with Gasteiger partial charge in [-0.1, -0.05) is 25.7 Å². The van der Waals surface area contributed by atoms with Gasteiger partial charge in [0.05, 0.1) is 13.1 Å². The minimum absolute atomic E-state index is 0.0433. The second-order valence-electron chi connectivity index (χ2n) is 6.98. The highest BCUT2D eigenvalue weighted by Gasteiger charge is 2.52. The molecule has 3 rings (SSSR count). The molecule has 21 heavy (non-hydrogen) atoms. The molecule has 1 saturated carbocycles. The molecule has 0 aromatic heterocycles. The first-order chi connectivity index (χ1) is 10.2. The summed E-state index contributed by atoms with van der Waals surface area (Å²) in [7, 11) is 0. The fourth-order valence-electron chi connectivity index (χ4n) is 4.10. The van der Waals surface area contributed by atoms with Crippen LogP contribution < -0.4 is 10.2 Å². The molecule has 2 aliphatic heterocycles. The van der Waals surface area contributed by atoms with Crippen LogP contribution in [-0.2, 0) is 4.79 Å². The van der Waals surface area contributed by atoms with E-state index in [0.717, 1.165) is 38.8 Å². The zero-order chi connectivity index (χ0) is 14.7. The maximum Gasteiger partial charge on any atom is 0.329 e. The van der Waals surface area contributed by atoms with Crippen molar-refractivity contribution >= 4 is 11.9 Å². The van der Waals surface area contributed by atoms with Crippen molar-refractivity contribution in [2.24, 2.45) is 0 Å². The van der Waals surface area contributed by atoms with Crippen LogP contribution in [0.25, 0.3) is 0 Å². The van der Waals surface area contributed by atoms with E-state index >= 15 is 0 Å². The van der Waals surface area contributed by atoms with Gasteiger partial charge in [0.25, 0.3) is 5.91 Å². The van der Waals surface area contributed by atoms with E-state index in [-0.39, 0.29) is 11.9 Å². The van der Waals surface area contributed by atoms with Gasteiger partial charge in [0, 0.05) is 0 Å². The smallest absolute Gasteiger partial charge is 0.323 e. The molecule has 1 spiro atoms. The third-order valence-corrected chi connectivity index (χ3v) is 5.40. The van der Waals surface area contributed by atoms with Gasteiger partial charge in [-0.25, -0.2) is 9.69 Å². The van der Waals surface area contributed by atoms with Crippen molar-refractivity contribution < 1.29 is 14.5 Å². The third kappa shape index (κ3) is 3.07. The second-order valence-corrected chi connectivity index (χ2v) is 6.98. The molecule has 0 atom stereocenters. The normalized spacial score (nSPS) is 27.5. The first kappa shape index (κ1) is 14.8. The largest absolute Gasteiger partial charge is 0.329 e. The van der Waals surface area contributed by atoms with Gasteiger partial charge in [0.2, 0.25) is 0 Å². The van der Waals surface area contributed by atoms with E-state index in [1.165, 1.54) is 48.3 Å². The van der Waals surface area contributed by atoms with Crippen molar-refractivity contribution in [1.82, 2.24) is 10.2 Å². The van der Waals surface area contributed by atoms with Gasteiger partial charge in [-0.3, -0.25) is 4.79 Å². The molecule has 118 valence electrons. The van der Waals surface area contributed by atoms with Crippen LogP contribution in [0.2, 0.25) is 0 Å². The second kappa shape index (κ2) is 6.34. The number of carbonyl (C=O) groups is 2. The van der Waals surface area contributed by atoms with Crippen LogP contribution in [0.15, 0.2) is 0 Å². The minimum Gasteiger partial charge on any atom is -0.323 e. The Morgan fingerprint density at radius 1 is 0.905 bits per heavy atom. The molecule has 2 N–H and O–H groups in total. The summed E-state index contributed by atoms with van der Waals surface area (Å²) in [4.78, 5) is 27.9. The van der Waals surface area contributed by atoms with E-state index in [9.17, 15) is 9.59 Å². The molecule has 3 aliphatic rings. The Kier molecular flexibility index (Phi) is 4.48. The summed E-state index contributed by atoms with van der Waals surface area (Å²) >= 11 is 0. The van der Waals surface area contributed by atoms with Gasteiger partial charge in [-0.05, 0) is 38.5 Å². The van der Waals surface area contributed by atoms with Crippen molar-refractivity contribution in [3.8, 4) is 0 Å². The third-order valence-electron chi connectivity index (χ3n) is 5.40. The average Bonchev–Trinajstić information content (AvgIpc) is 2.66. The highest BCUT2D eigenvalue weighted by molar-refractivity contribution is 6.06. The van der Waals surface area contributed by atoms with Crippen LogP contribution in [0, 0.1) is 0 Å². The summed E-state index contributed by atoms with van der Waals surface area (Å²) in [5.41, 5.74) is -0.558. The van der Waals surface area contributed by atoms with Gasteiger partial charge >= 0.3 is 6.03 Å². The number of nitrogens with zero attached hydrogens (tertiary/aromatic N) is 1. The predicted octanol–water partition coefficient (Wildman–Crippen LogP) is 1.05. The van der Waals surface area contributed by atoms with E-state index in [0.29, 0.717) is 6.67 Å². The van der Waals surface area contributed by atoms with Gasteiger partial charge in [-0.2, -0.15) is 0 Å². The summed E-state index contributed by atoms with van der Waals surface area (Å²) < 4.78 is 0. The number of quaternary nitrogens is 1.